The molecule has 4 N–H and O–H groups in total. The highest BCUT2D eigenvalue weighted by atomic mass is 32.2. The molecule has 2 amide bonds. The van der Waals surface area contributed by atoms with Crippen LogP contribution in [0.1, 0.15) is 22.5 Å². The summed E-state index contributed by atoms with van der Waals surface area (Å²) in [5.41, 5.74) is 0.961. The number of hydrogen-bond donors (Lipinski definition) is 4. The summed E-state index contributed by atoms with van der Waals surface area (Å²) in [6, 6.07) is 9.35. The molecule has 0 bridgehead atoms. The van der Waals surface area contributed by atoms with Crippen LogP contribution >= 0.6 is 11.3 Å². The van der Waals surface area contributed by atoms with E-state index in [2.05, 4.69) is 20.3 Å². The van der Waals surface area contributed by atoms with Crippen molar-refractivity contribution >= 4 is 38.3 Å². The number of thiazole rings is 1. The molecule has 2 rings (SSSR count). The second kappa shape index (κ2) is 9.44. The summed E-state index contributed by atoms with van der Waals surface area (Å²) in [5.74, 6) is -0.912. The lowest BCUT2D eigenvalue weighted by atomic mass is 10.2. The number of aromatic nitrogens is 1. The molecule has 0 aliphatic rings. The van der Waals surface area contributed by atoms with Crippen molar-refractivity contribution < 1.29 is 23.1 Å². The van der Waals surface area contributed by atoms with Crippen LogP contribution in [-0.4, -0.2) is 49.2 Å². The number of benzene rings is 1. The van der Waals surface area contributed by atoms with Crippen LogP contribution in [0.15, 0.2) is 35.7 Å². The van der Waals surface area contributed by atoms with Crippen LogP contribution in [0.25, 0.3) is 0 Å². The first-order valence-corrected chi connectivity index (χ1v) is 10.7. The van der Waals surface area contributed by atoms with E-state index in [1.54, 1.807) is 0 Å². The molecule has 0 saturated heterocycles. The predicted octanol–water partition coefficient (Wildman–Crippen LogP) is 0.312. The molecule has 9 nitrogen and oxygen atoms in total. The predicted molar refractivity (Wildman–Crippen MR) is 102 cm³/mol. The van der Waals surface area contributed by atoms with Crippen LogP contribution in [0, 0.1) is 0 Å². The van der Waals surface area contributed by atoms with Crippen LogP contribution < -0.4 is 15.4 Å². The molecule has 0 aliphatic carbocycles. The Hall–Kier alpha value is -2.50. The SMILES string of the molecule is CS(=O)(=O)Nc1nc(C(=O)NCC(O)CC(=O)NCc2ccccc2)cs1. The Morgan fingerprint density at radius 3 is 2.59 bits per heavy atom. The molecule has 1 aromatic carbocycles. The number of amides is 2. The van der Waals surface area contributed by atoms with E-state index < -0.39 is 22.0 Å². The van der Waals surface area contributed by atoms with Crippen LogP contribution in [0.2, 0.25) is 0 Å². The Morgan fingerprint density at radius 2 is 1.93 bits per heavy atom. The number of aliphatic hydroxyl groups is 1. The van der Waals surface area contributed by atoms with Crippen LogP contribution in [-0.2, 0) is 21.4 Å². The summed E-state index contributed by atoms with van der Waals surface area (Å²) in [4.78, 5) is 27.6. The van der Waals surface area contributed by atoms with Crippen molar-refractivity contribution in [1.29, 1.82) is 0 Å². The Kier molecular flexibility index (Phi) is 7.28. The van der Waals surface area contributed by atoms with Gasteiger partial charge in [-0.05, 0) is 5.56 Å². The lowest BCUT2D eigenvalue weighted by Crippen LogP contribution is -2.36. The molecule has 0 saturated carbocycles. The summed E-state index contributed by atoms with van der Waals surface area (Å²) >= 11 is 0.965. The third-order valence-corrected chi connectivity index (χ3v) is 4.71. The maximum atomic E-state index is 12.0. The Bertz CT molecular complexity index is 883. The minimum absolute atomic E-state index is 0.0203. The van der Waals surface area contributed by atoms with Gasteiger partial charge in [0, 0.05) is 18.5 Å². The third-order valence-electron chi connectivity index (χ3n) is 3.26. The molecule has 1 unspecified atom stereocenters. The van der Waals surface area contributed by atoms with E-state index >= 15 is 0 Å². The van der Waals surface area contributed by atoms with Crippen molar-refractivity contribution in [2.75, 3.05) is 17.5 Å². The average molecular weight is 412 g/mol. The molecular formula is C16H20N4O5S2. The number of nitrogens with zero attached hydrogens (tertiary/aromatic N) is 1. The highest BCUT2D eigenvalue weighted by Gasteiger charge is 2.16. The van der Waals surface area contributed by atoms with E-state index in [0.29, 0.717) is 6.54 Å². The molecule has 1 aromatic heterocycles. The Balaban J connectivity index is 1.73. The molecule has 27 heavy (non-hydrogen) atoms. The van der Waals surface area contributed by atoms with Crippen molar-refractivity contribution in [2.45, 2.75) is 19.1 Å². The number of aliphatic hydroxyl groups excluding tert-OH is 1. The zero-order valence-electron chi connectivity index (χ0n) is 14.5. The zero-order valence-corrected chi connectivity index (χ0v) is 16.1. The van der Waals surface area contributed by atoms with Crippen LogP contribution in [0.4, 0.5) is 5.13 Å². The van der Waals surface area contributed by atoms with Crippen molar-refractivity contribution in [2.24, 2.45) is 0 Å². The van der Waals surface area contributed by atoms with Gasteiger partial charge in [-0.15, -0.1) is 11.3 Å². The first-order valence-electron chi connectivity index (χ1n) is 7.93. The summed E-state index contributed by atoms with van der Waals surface area (Å²) in [6.45, 7) is 0.220. The van der Waals surface area contributed by atoms with Gasteiger partial charge in [0.15, 0.2) is 5.13 Å². The Morgan fingerprint density at radius 1 is 1.22 bits per heavy atom. The van der Waals surface area contributed by atoms with Crippen molar-refractivity contribution in [3.8, 4) is 0 Å². The monoisotopic (exact) mass is 412 g/mol. The molecule has 0 spiro atoms. The highest BCUT2D eigenvalue weighted by Crippen LogP contribution is 2.16. The number of rotatable bonds is 9. The maximum Gasteiger partial charge on any atom is 0.270 e. The Labute approximate surface area is 160 Å². The fraction of sp³-hybridized carbons (Fsp3) is 0.312. The molecule has 1 atom stereocenters. The minimum atomic E-state index is -3.47. The standard InChI is InChI=1S/C16H20N4O5S2/c1-27(24,25)20-16-19-13(10-26-16)15(23)18-9-12(21)7-14(22)17-8-11-5-3-2-4-6-11/h2-6,10,12,21H,7-9H2,1H3,(H,17,22)(H,18,23)(H,19,20). The summed E-state index contributed by atoms with van der Waals surface area (Å²) in [5, 5.41) is 16.5. The maximum absolute atomic E-state index is 12.0. The summed E-state index contributed by atoms with van der Waals surface area (Å²) in [7, 11) is -3.47. The molecule has 11 heteroatoms. The van der Waals surface area contributed by atoms with Gasteiger partial charge in [-0.1, -0.05) is 30.3 Å². The van der Waals surface area contributed by atoms with Gasteiger partial charge in [-0.2, -0.15) is 0 Å². The molecule has 0 aliphatic heterocycles. The van der Waals surface area contributed by atoms with Gasteiger partial charge < -0.3 is 15.7 Å². The first-order chi connectivity index (χ1) is 12.7. The van der Waals surface area contributed by atoms with E-state index in [4.69, 9.17) is 0 Å². The third kappa shape index (κ3) is 7.72. The topological polar surface area (TPSA) is 137 Å². The van der Waals surface area contributed by atoms with Gasteiger partial charge in [0.1, 0.15) is 5.69 Å². The number of hydrogen-bond acceptors (Lipinski definition) is 7. The van der Waals surface area contributed by atoms with E-state index in [1.165, 1.54) is 5.38 Å². The largest absolute Gasteiger partial charge is 0.391 e. The first kappa shape index (κ1) is 20.8. The lowest BCUT2D eigenvalue weighted by Gasteiger charge is -2.11. The number of sulfonamides is 1. The van der Waals surface area contributed by atoms with Gasteiger partial charge >= 0.3 is 0 Å². The van der Waals surface area contributed by atoms with E-state index in [0.717, 1.165) is 23.2 Å². The van der Waals surface area contributed by atoms with E-state index in [-0.39, 0.29) is 29.7 Å². The minimum Gasteiger partial charge on any atom is -0.391 e. The van der Waals surface area contributed by atoms with E-state index in [1.807, 2.05) is 30.3 Å². The van der Waals surface area contributed by atoms with Gasteiger partial charge in [-0.3, -0.25) is 14.3 Å². The quantitative estimate of drug-likeness (QED) is 0.468. The number of carbonyl (C=O) groups is 2. The number of carbonyl (C=O) groups excluding carboxylic acids is 2. The second-order valence-corrected chi connectivity index (χ2v) is 8.35. The fourth-order valence-corrected chi connectivity index (χ4v) is 3.58. The molecule has 0 radical (unpaired) electrons. The summed E-state index contributed by atoms with van der Waals surface area (Å²) < 4.78 is 24.4. The molecule has 146 valence electrons. The van der Waals surface area contributed by atoms with Crippen molar-refractivity contribution in [3.05, 3.63) is 47.0 Å². The van der Waals surface area contributed by atoms with Crippen molar-refractivity contribution in [3.63, 3.8) is 0 Å². The number of nitrogens with one attached hydrogen (secondary N) is 3. The summed E-state index contributed by atoms with van der Waals surface area (Å²) in [6.07, 6.45) is -0.240. The highest BCUT2D eigenvalue weighted by molar-refractivity contribution is 7.92. The molecule has 0 fully saturated rings. The second-order valence-electron chi connectivity index (χ2n) is 5.74. The van der Waals surface area contributed by atoms with Gasteiger partial charge in [-0.25, -0.2) is 13.4 Å². The lowest BCUT2D eigenvalue weighted by molar-refractivity contribution is -0.123. The molecular weight excluding hydrogens is 392 g/mol. The normalized spacial score (nSPS) is 12.2. The zero-order chi connectivity index (χ0) is 19.9. The van der Waals surface area contributed by atoms with E-state index in [9.17, 15) is 23.1 Å². The van der Waals surface area contributed by atoms with Crippen LogP contribution in [0.5, 0.6) is 0 Å². The molecule has 1 heterocycles. The van der Waals surface area contributed by atoms with Gasteiger partial charge in [0.25, 0.3) is 5.91 Å². The molecule has 2 aromatic rings. The van der Waals surface area contributed by atoms with Gasteiger partial charge in [0.2, 0.25) is 15.9 Å². The smallest absolute Gasteiger partial charge is 0.270 e. The van der Waals surface area contributed by atoms with Crippen molar-refractivity contribution in [1.82, 2.24) is 15.6 Å². The number of anilines is 1. The average Bonchev–Trinajstić information content (AvgIpc) is 3.05. The fourth-order valence-electron chi connectivity index (χ4n) is 2.04. The van der Waals surface area contributed by atoms with Gasteiger partial charge in [0.05, 0.1) is 18.8 Å². The van der Waals surface area contributed by atoms with Crippen LogP contribution in [0.3, 0.4) is 0 Å².